The van der Waals surface area contributed by atoms with Crippen LogP contribution in [0.3, 0.4) is 0 Å². The van der Waals surface area contributed by atoms with E-state index in [9.17, 15) is 4.79 Å². The van der Waals surface area contributed by atoms with Crippen molar-refractivity contribution in [1.29, 1.82) is 0 Å². The molecule has 0 fully saturated rings. The lowest BCUT2D eigenvalue weighted by Crippen LogP contribution is -2.08. The fourth-order valence-electron chi connectivity index (χ4n) is 1.45. The van der Waals surface area contributed by atoms with E-state index in [0.717, 1.165) is 5.56 Å². The minimum atomic E-state index is -1.05. The molecule has 0 radical (unpaired) electrons. The summed E-state index contributed by atoms with van der Waals surface area (Å²) >= 11 is 0. The minimum Gasteiger partial charge on any atom is -0.337 e. The largest absolute Gasteiger partial charge is 0.337 e. The first-order valence-corrected chi connectivity index (χ1v) is 6.45. The van der Waals surface area contributed by atoms with E-state index in [1.54, 1.807) is 14.2 Å². The highest BCUT2D eigenvalue weighted by molar-refractivity contribution is 7.48. The van der Waals surface area contributed by atoms with Crippen molar-refractivity contribution in [3.05, 3.63) is 35.4 Å². The average molecular weight is 240 g/mol. The Morgan fingerprint density at radius 3 is 2.56 bits per heavy atom. The van der Waals surface area contributed by atoms with Crippen molar-refractivity contribution in [3.63, 3.8) is 0 Å². The second-order valence-electron chi connectivity index (χ2n) is 3.56. The summed E-state index contributed by atoms with van der Waals surface area (Å²) in [5.74, 6) is 0.153. The van der Waals surface area contributed by atoms with Crippen LogP contribution in [0.15, 0.2) is 24.3 Å². The maximum absolute atomic E-state index is 11.7. The summed E-state index contributed by atoms with van der Waals surface area (Å²) < 4.78 is 10.1. The Morgan fingerprint density at radius 2 is 2.00 bits per heavy atom. The van der Waals surface area contributed by atoms with Gasteiger partial charge in [0.2, 0.25) is 0 Å². The van der Waals surface area contributed by atoms with Gasteiger partial charge < -0.3 is 9.05 Å². The summed E-state index contributed by atoms with van der Waals surface area (Å²) in [6.07, 6.45) is 0.809. The van der Waals surface area contributed by atoms with Crippen LogP contribution >= 0.6 is 8.38 Å². The second-order valence-corrected chi connectivity index (χ2v) is 5.27. The van der Waals surface area contributed by atoms with E-state index in [4.69, 9.17) is 9.05 Å². The molecule has 0 amide bonds. The molecule has 0 spiro atoms. The van der Waals surface area contributed by atoms with E-state index in [2.05, 4.69) is 0 Å². The Kier molecular flexibility index (Phi) is 5.61. The molecule has 0 aliphatic rings. The van der Waals surface area contributed by atoms with Crippen LogP contribution in [0.4, 0.5) is 0 Å². The van der Waals surface area contributed by atoms with Gasteiger partial charge in [-0.3, -0.25) is 4.79 Å². The average Bonchev–Trinajstić information content (AvgIpc) is 2.26. The maximum atomic E-state index is 11.7. The van der Waals surface area contributed by atoms with Gasteiger partial charge in [-0.25, -0.2) is 0 Å². The molecule has 3 nitrogen and oxygen atoms in total. The smallest absolute Gasteiger partial charge is 0.177 e. The number of Topliss-reactive ketones (excluding diaryl/α,β-unsaturated/α-hetero) is 1. The fraction of sp³-hybridized carbons (Fsp3) is 0.417. The van der Waals surface area contributed by atoms with Crippen molar-refractivity contribution in [1.82, 2.24) is 0 Å². The summed E-state index contributed by atoms with van der Waals surface area (Å²) in [7, 11) is 2.08. The van der Waals surface area contributed by atoms with Crippen LogP contribution in [0.1, 0.15) is 11.1 Å². The Labute approximate surface area is 97.7 Å². The van der Waals surface area contributed by atoms with Gasteiger partial charge in [0, 0.05) is 20.6 Å². The third kappa shape index (κ3) is 4.40. The Balaban J connectivity index is 2.51. The van der Waals surface area contributed by atoms with Crippen molar-refractivity contribution < 1.29 is 13.8 Å². The van der Waals surface area contributed by atoms with E-state index in [0.29, 0.717) is 12.6 Å². The first kappa shape index (κ1) is 13.3. The molecule has 16 heavy (non-hydrogen) atoms. The molecular weight excluding hydrogens is 223 g/mol. The summed E-state index contributed by atoms with van der Waals surface area (Å²) in [5, 5.41) is 0. The first-order chi connectivity index (χ1) is 7.65. The first-order valence-electron chi connectivity index (χ1n) is 5.08. The van der Waals surface area contributed by atoms with Gasteiger partial charge in [0.1, 0.15) is 5.78 Å². The van der Waals surface area contributed by atoms with E-state index in [-0.39, 0.29) is 5.78 Å². The van der Waals surface area contributed by atoms with Crippen LogP contribution in [-0.4, -0.2) is 26.2 Å². The number of benzene rings is 1. The van der Waals surface area contributed by atoms with Crippen LogP contribution < -0.4 is 0 Å². The van der Waals surface area contributed by atoms with Crippen molar-refractivity contribution >= 4 is 14.2 Å². The lowest BCUT2D eigenvalue weighted by Gasteiger charge is -2.10. The Bertz CT molecular complexity index is 348. The number of hydrogen-bond donors (Lipinski definition) is 0. The Morgan fingerprint density at radius 1 is 1.31 bits per heavy atom. The van der Waals surface area contributed by atoms with Gasteiger partial charge in [-0.2, -0.15) is 0 Å². The normalized spacial score (nSPS) is 10.8. The van der Waals surface area contributed by atoms with Gasteiger partial charge in [-0.1, -0.05) is 29.8 Å². The summed E-state index contributed by atoms with van der Waals surface area (Å²) in [4.78, 5) is 11.7. The van der Waals surface area contributed by atoms with E-state index in [1.807, 2.05) is 31.2 Å². The monoisotopic (exact) mass is 240 g/mol. The number of rotatable bonds is 6. The molecule has 0 aromatic heterocycles. The SMILES string of the molecule is COP(CC(=O)Cc1cccc(C)c1)OC. The van der Waals surface area contributed by atoms with Crippen molar-refractivity contribution in [2.45, 2.75) is 13.3 Å². The molecule has 0 bridgehead atoms. The number of hydrogen-bond acceptors (Lipinski definition) is 3. The van der Waals surface area contributed by atoms with Gasteiger partial charge in [-0.05, 0) is 12.5 Å². The van der Waals surface area contributed by atoms with E-state index >= 15 is 0 Å². The molecule has 4 heteroatoms. The van der Waals surface area contributed by atoms with E-state index < -0.39 is 8.38 Å². The van der Waals surface area contributed by atoms with Gasteiger partial charge in [0.25, 0.3) is 0 Å². The molecular formula is C12H17O3P. The van der Waals surface area contributed by atoms with Crippen LogP contribution in [0.5, 0.6) is 0 Å². The Hall–Kier alpha value is -0.760. The van der Waals surface area contributed by atoms with Gasteiger partial charge in [0.05, 0.1) is 6.16 Å². The molecule has 1 aromatic rings. The zero-order valence-corrected chi connectivity index (χ0v) is 10.8. The zero-order chi connectivity index (χ0) is 12.0. The molecule has 1 rings (SSSR count). The minimum absolute atomic E-state index is 0.153. The topological polar surface area (TPSA) is 35.5 Å². The quantitative estimate of drug-likeness (QED) is 0.717. The van der Waals surface area contributed by atoms with Crippen LogP contribution in [-0.2, 0) is 20.3 Å². The van der Waals surface area contributed by atoms with E-state index in [1.165, 1.54) is 5.56 Å². The molecule has 0 saturated heterocycles. The van der Waals surface area contributed by atoms with Crippen molar-refractivity contribution in [2.75, 3.05) is 20.4 Å². The zero-order valence-electron chi connectivity index (χ0n) is 9.90. The summed E-state index contributed by atoms with van der Waals surface area (Å²) in [6, 6.07) is 7.98. The highest BCUT2D eigenvalue weighted by atomic mass is 31.2. The number of aryl methyl sites for hydroxylation is 1. The van der Waals surface area contributed by atoms with Gasteiger partial charge in [-0.15, -0.1) is 0 Å². The predicted molar refractivity (Wildman–Crippen MR) is 65.7 cm³/mol. The lowest BCUT2D eigenvalue weighted by atomic mass is 10.1. The third-order valence-corrected chi connectivity index (χ3v) is 3.62. The predicted octanol–water partition coefficient (Wildman–Crippen LogP) is 2.71. The van der Waals surface area contributed by atoms with Crippen molar-refractivity contribution in [3.8, 4) is 0 Å². The fourth-order valence-corrected chi connectivity index (χ4v) is 2.26. The lowest BCUT2D eigenvalue weighted by molar-refractivity contribution is -0.116. The molecule has 88 valence electrons. The number of ketones is 1. The van der Waals surface area contributed by atoms with Crippen LogP contribution in [0.25, 0.3) is 0 Å². The number of carbonyl (C=O) groups excluding carboxylic acids is 1. The molecule has 0 atom stereocenters. The van der Waals surface area contributed by atoms with Gasteiger partial charge in [0.15, 0.2) is 8.38 Å². The van der Waals surface area contributed by atoms with Gasteiger partial charge >= 0.3 is 0 Å². The second kappa shape index (κ2) is 6.74. The third-order valence-electron chi connectivity index (χ3n) is 2.20. The standard InChI is InChI=1S/C12H17O3P/c1-10-5-4-6-11(7-10)8-12(13)9-16(14-2)15-3/h4-7H,8-9H2,1-3H3. The summed E-state index contributed by atoms with van der Waals surface area (Å²) in [6.45, 7) is 2.02. The maximum Gasteiger partial charge on any atom is 0.177 e. The molecule has 0 aliphatic heterocycles. The molecule has 0 N–H and O–H groups in total. The summed E-state index contributed by atoms with van der Waals surface area (Å²) in [5.41, 5.74) is 2.22. The number of carbonyl (C=O) groups is 1. The molecule has 1 aromatic carbocycles. The van der Waals surface area contributed by atoms with Crippen LogP contribution in [0.2, 0.25) is 0 Å². The molecule has 0 unspecified atom stereocenters. The van der Waals surface area contributed by atoms with Crippen molar-refractivity contribution in [2.24, 2.45) is 0 Å². The highest BCUT2D eigenvalue weighted by Gasteiger charge is 2.13. The van der Waals surface area contributed by atoms with Crippen LogP contribution in [0, 0.1) is 6.92 Å². The highest BCUT2D eigenvalue weighted by Crippen LogP contribution is 2.35. The molecule has 0 aliphatic carbocycles. The molecule has 0 saturated carbocycles. The molecule has 0 heterocycles.